The molecule has 0 aromatic carbocycles. The molecule has 1 aliphatic carbocycles. The molecular formula is C10H21FNO2P. The van der Waals surface area contributed by atoms with Crippen molar-refractivity contribution in [3.63, 3.8) is 0 Å². The van der Waals surface area contributed by atoms with Crippen molar-refractivity contribution in [1.82, 2.24) is 0 Å². The van der Waals surface area contributed by atoms with E-state index in [9.17, 15) is 8.96 Å². The normalized spacial score (nSPS) is 31.1. The maximum Gasteiger partial charge on any atom is 0.189 e. The summed E-state index contributed by atoms with van der Waals surface area (Å²) in [7, 11) is -2.34. The van der Waals surface area contributed by atoms with Gasteiger partial charge in [-0.2, -0.15) is 0 Å². The van der Waals surface area contributed by atoms with Gasteiger partial charge in [-0.15, -0.1) is 0 Å². The van der Waals surface area contributed by atoms with Crippen molar-refractivity contribution < 1.29 is 13.8 Å². The number of halogens is 1. The second-order valence-electron chi connectivity index (χ2n) is 4.59. The molecule has 0 spiro atoms. The minimum Gasteiger partial charge on any atom is -0.346 e. The summed E-state index contributed by atoms with van der Waals surface area (Å²) in [6.07, 6.45) is 4.73. The smallest absolute Gasteiger partial charge is 0.189 e. The van der Waals surface area contributed by atoms with Crippen LogP contribution in [0, 0.1) is 11.8 Å². The molecule has 0 aromatic heterocycles. The minimum absolute atomic E-state index is 0.371. The van der Waals surface area contributed by atoms with Crippen LogP contribution in [0.2, 0.25) is 0 Å². The summed E-state index contributed by atoms with van der Waals surface area (Å²) in [5.41, 5.74) is 5.07. The molecule has 0 saturated heterocycles. The molecule has 0 bridgehead atoms. The van der Waals surface area contributed by atoms with E-state index in [1.807, 2.05) is 0 Å². The summed E-state index contributed by atoms with van der Waals surface area (Å²) < 4.78 is 23.2. The zero-order chi connectivity index (χ0) is 11.3. The van der Waals surface area contributed by atoms with Crippen molar-refractivity contribution in [2.45, 2.75) is 44.8 Å². The highest BCUT2D eigenvalue weighted by atomic mass is 31.1. The molecule has 5 heteroatoms. The summed E-state index contributed by atoms with van der Waals surface area (Å²) in [5, 5.41) is 0. The Hall–Kier alpha value is 0.0800. The summed E-state index contributed by atoms with van der Waals surface area (Å²) in [4.78, 5) is 8.88. The first-order valence-electron chi connectivity index (χ1n) is 5.69. The molecular weight excluding hydrogens is 216 g/mol. The largest absolute Gasteiger partial charge is 0.346 e. The van der Waals surface area contributed by atoms with E-state index < -0.39 is 14.3 Å². The highest BCUT2D eigenvalue weighted by molar-refractivity contribution is 7.38. The van der Waals surface area contributed by atoms with Crippen LogP contribution in [0.3, 0.4) is 0 Å². The Morgan fingerprint density at radius 3 is 2.73 bits per heavy atom. The highest BCUT2D eigenvalue weighted by Crippen LogP contribution is 2.35. The maximum atomic E-state index is 12.5. The van der Waals surface area contributed by atoms with Crippen LogP contribution in [-0.2, 0) is 4.57 Å². The monoisotopic (exact) mass is 237 g/mol. The van der Waals surface area contributed by atoms with E-state index in [2.05, 4.69) is 0 Å². The quantitative estimate of drug-likeness (QED) is 0.569. The number of rotatable bonds is 5. The van der Waals surface area contributed by atoms with Crippen LogP contribution in [0.1, 0.15) is 38.5 Å². The molecule has 4 atom stereocenters. The lowest BCUT2D eigenvalue weighted by molar-refractivity contribution is 0.233. The molecule has 4 unspecified atom stereocenters. The van der Waals surface area contributed by atoms with Crippen LogP contribution in [0.15, 0.2) is 0 Å². The van der Waals surface area contributed by atoms with E-state index in [4.69, 9.17) is 10.6 Å². The van der Waals surface area contributed by atoms with E-state index in [-0.39, 0.29) is 0 Å². The summed E-state index contributed by atoms with van der Waals surface area (Å²) in [6, 6.07) is 0. The molecule has 1 fully saturated rings. The predicted octanol–water partition coefficient (Wildman–Crippen LogP) is 2.29. The Balaban J connectivity index is 2.25. The van der Waals surface area contributed by atoms with Gasteiger partial charge in [0.05, 0.1) is 0 Å². The fourth-order valence-electron chi connectivity index (χ4n) is 2.49. The molecule has 90 valence electrons. The van der Waals surface area contributed by atoms with Gasteiger partial charge < -0.3 is 10.6 Å². The van der Waals surface area contributed by atoms with Gasteiger partial charge >= 0.3 is 0 Å². The van der Waals surface area contributed by atoms with Crippen LogP contribution in [0.5, 0.6) is 0 Å². The molecule has 1 aliphatic rings. The first-order chi connectivity index (χ1) is 7.08. The first-order valence-corrected chi connectivity index (χ1v) is 7.25. The van der Waals surface area contributed by atoms with Gasteiger partial charge in [0.25, 0.3) is 0 Å². The molecule has 15 heavy (non-hydrogen) atoms. The topological polar surface area (TPSA) is 63.3 Å². The zero-order valence-electron chi connectivity index (χ0n) is 8.99. The van der Waals surface area contributed by atoms with Crippen LogP contribution in [-0.4, -0.2) is 17.4 Å². The minimum atomic E-state index is -2.34. The molecule has 0 radical (unpaired) electrons. The van der Waals surface area contributed by atoms with E-state index in [0.29, 0.717) is 24.4 Å². The number of alkyl halides is 1. The lowest BCUT2D eigenvalue weighted by atomic mass is 9.80. The molecule has 0 aliphatic heterocycles. The molecule has 3 nitrogen and oxygen atoms in total. The van der Waals surface area contributed by atoms with Crippen molar-refractivity contribution in [2.24, 2.45) is 17.6 Å². The maximum absolute atomic E-state index is 12.5. The lowest BCUT2D eigenvalue weighted by Gasteiger charge is -2.28. The highest BCUT2D eigenvalue weighted by Gasteiger charge is 2.23. The van der Waals surface area contributed by atoms with E-state index in [1.54, 1.807) is 0 Å². The van der Waals surface area contributed by atoms with E-state index in [1.165, 1.54) is 0 Å². The van der Waals surface area contributed by atoms with Crippen molar-refractivity contribution in [3.8, 4) is 0 Å². The molecule has 1 rings (SSSR count). The van der Waals surface area contributed by atoms with Gasteiger partial charge in [0.1, 0.15) is 6.30 Å². The van der Waals surface area contributed by atoms with Gasteiger partial charge in [0.15, 0.2) is 8.03 Å². The average molecular weight is 237 g/mol. The van der Waals surface area contributed by atoms with Crippen molar-refractivity contribution >= 4 is 8.03 Å². The SMILES string of the molecule is NC(F)CCC1CCCC(C[PH](=O)O)C1. The summed E-state index contributed by atoms with van der Waals surface area (Å²) in [5.74, 6) is 0.878. The Morgan fingerprint density at radius 1 is 1.47 bits per heavy atom. The van der Waals surface area contributed by atoms with Gasteiger partial charge in [-0.05, 0) is 37.5 Å². The van der Waals surface area contributed by atoms with Gasteiger partial charge in [0, 0.05) is 6.16 Å². The second-order valence-corrected chi connectivity index (χ2v) is 5.79. The van der Waals surface area contributed by atoms with Crippen molar-refractivity contribution in [2.75, 3.05) is 6.16 Å². The van der Waals surface area contributed by atoms with Crippen LogP contribution in [0.25, 0.3) is 0 Å². The van der Waals surface area contributed by atoms with Crippen LogP contribution >= 0.6 is 8.03 Å². The Bertz CT molecular complexity index is 214. The summed E-state index contributed by atoms with van der Waals surface area (Å²) >= 11 is 0. The third-order valence-electron chi connectivity index (χ3n) is 3.21. The van der Waals surface area contributed by atoms with Crippen LogP contribution < -0.4 is 5.73 Å². The third kappa shape index (κ3) is 5.64. The predicted molar refractivity (Wildman–Crippen MR) is 59.9 cm³/mol. The number of nitrogens with two attached hydrogens (primary N) is 1. The lowest BCUT2D eigenvalue weighted by Crippen LogP contribution is -2.20. The van der Waals surface area contributed by atoms with Crippen molar-refractivity contribution in [1.29, 1.82) is 0 Å². The van der Waals surface area contributed by atoms with E-state index >= 15 is 0 Å². The summed E-state index contributed by atoms with van der Waals surface area (Å²) in [6.45, 7) is 0. The molecule has 0 amide bonds. The van der Waals surface area contributed by atoms with Gasteiger partial charge in [0.2, 0.25) is 0 Å². The fourth-order valence-corrected chi connectivity index (χ4v) is 3.36. The Morgan fingerprint density at radius 2 is 2.13 bits per heavy atom. The average Bonchev–Trinajstić information content (AvgIpc) is 2.14. The fraction of sp³-hybridized carbons (Fsp3) is 1.00. The van der Waals surface area contributed by atoms with Crippen molar-refractivity contribution in [3.05, 3.63) is 0 Å². The Labute approximate surface area is 91.1 Å². The van der Waals surface area contributed by atoms with Gasteiger partial charge in [-0.1, -0.05) is 12.8 Å². The van der Waals surface area contributed by atoms with Gasteiger partial charge in [-0.25, -0.2) is 4.39 Å². The third-order valence-corrected chi connectivity index (χ3v) is 4.13. The molecule has 1 saturated carbocycles. The first kappa shape index (κ1) is 13.1. The number of hydrogen-bond donors (Lipinski definition) is 2. The number of hydrogen-bond acceptors (Lipinski definition) is 2. The molecule has 3 N–H and O–H groups in total. The standard InChI is InChI=1S/C10H21FNO2P/c11-10(12)5-4-8-2-1-3-9(6-8)7-15(13)14/h8-10,15H,1-7,12H2,(H,13,14). The molecule has 0 heterocycles. The van der Waals surface area contributed by atoms with E-state index in [0.717, 1.165) is 32.1 Å². The van der Waals surface area contributed by atoms with Crippen LogP contribution in [0.4, 0.5) is 4.39 Å². The zero-order valence-corrected chi connectivity index (χ0v) is 9.99. The van der Waals surface area contributed by atoms with Gasteiger partial charge in [-0.3, -0.25) is 4.57 Å². The Kier molecular flexibility index (Phi) is 5.80. The molecule has 0 aromatic rings. The second kappa shape index (κ2) is 6.62.